The average Bonchev–Trinajstić information content (AvgIpc) is 2.39. The molecule has 0 radical (unpaired) electrons. The second-order valence-corrected chi connectivity index (χ2v) is 6.34. The Morgan fingerprint density at radius 2 is 2.00 bits per heavy atom. The Balaban J connectivity index is 2.16. The monoisotopic (exact) mass is 268 g/mol. The van der Waals surface area contributed by atoms with Crippen LogP contribution in [0.25, 0.3) is 0 Å². The Labute approximate surface area is 119 Å². The molecule has 0 aromatic heterocycles. The van der Waals surface area contributed by atoms with Gasteiger partial charge < -0.3 is 15.3 Å². The minimum Gasteiger partial charge on any atom is -0.390 e. The van der Waals surface area contributed by atoms with Gasteiger partial charge in [-0.2, -0.15) is 0 Å². The van der Waals surface area contributed by atoms with Gasteiger partial charge in [-0.05, 0) is 51.1 Å². The lowest BCUT2D eigenvalue weighted by atomic mass is 9.98. The van der Waals surface area contributed by atoms with Crippen LogP contribution in [0.2, 0.25) is 0 Å². The van der Waals surface area contributed by atoms with Crippen LogP contribution in [0.3, 0.4) is 0 Å². The molecule has 0 amide bonds. The lowest BCUT2D eigenvalue weighted by Gasteiger charge is -2.32. The Morgan fingerprint density at radius 1 is 1.37 bits per heavy atom. The van der Waals surface area contributed by atoms with Crippen molar-refractivity contribution in [2.24, 2.45) is 11.8 Å². The lowest BCUT2D eigenvalue weighted by molar-refractivity contribution is 0.0878. The molecule has 0 aromatic carbocycles. The number of nitrogens with one attached hydrogen (secondary N) is 1. The van der Waals surface area contributed by atoms with E-state index in [9.17, 15) is 5.11 Å². The van der Waals surface area contributed by atoms with E-state index in [1.807, 2.05) is 6.08 Å². The molecule has 3 atom stereocenters. The fraction of sp³-hybridized carbons (Fsp3) is 0.875. The highest BCUT2D eigenvalue weighted by Crippen LogP contribution is 2.16. The summed E-state index contributed by atoms with van der Waals surface area (Å²) < 4.78 is 0. The number of aliphatic hydroxyl groups is 1. The van der Waals surface area contributed by atoms with E-state index in [1.54, 1.807) is 0 Å². The second kappa shape index (κ2) is 8.72. The van der Waals surface area contributed by atoms with Crippen molar-refractivity contribution in [3.63, 3.8) is 0 Å². The summed E-state index contributed by atoms with van der Waals surface area (Å²) in [4.78, 5) is 2.39. The van der Waals surface area contributed by atoms with Crippen LogP contribution in [0.4, 0.5) is 0 Å². The van der Waals surface area contributed by atoms with Gasteiger partial charge in [0.15, 0.2) is 0 Å². The molecule has 2 N–H and O–H groups in total. The number of nitrogens with zero attached hydrogens (tertiary/aromatic N) is 1. The molecule has 1 saturated heterocycles. The summed E-state index contributed by atoms with van der Waals surface area (Å²) in [7, 11) is 0. The quantitative estimate of drug-likeness (QED) is 0.663. The van der Waals surface area contributed by atoms with Gasteiger partial charge in [-0.15, -0.1) is 6.58 Å². The first-order valence-electron chi connectivity index (χ1n) is 7.77. The van der Waals surface area contributed by atoms with Crippen molar-refractivity contribution in [3.8, 4) is 0 Å². The van der Waals surface area contributed by atoms with Gasteiger partial charge in [0.05, 0.1) is 6.10 Å². The van der Waals surface area contributed by atoms with Gasteiger partial charge in [-0.1, -0.05) is 19.9 Å². The molecule has 1 fully saturated rings. The summed E-state index contributed by atoms with van der Waals surface area (Å²) >= 11 is 0. The maximum atomic E-state index is 10.1. The van der Waals surface area contributed by atoms with Crippen LogP contribution in [0.1, 0.15) is 40.0 Å². The number of rotatable bonds is 8. The molecule has 1 aliphatic rings. The highest BCUT2D eigenvalue weighted by molar-refractivity contribution is 4.79. The molecular weight excluding hydrogens is 236 g/mol. The lowest BCUT2D eigenvalue weighted by Crippen LogP contribution is -2.44. The molecule has 1 aliphatic heterocycles. The minimum absolute atomic E-state index is 0.258. The van der Waals surface area contributed by atoms with Crippen LogP contribution in [-0.2, 0) is 0 Å². The van der Waals surface area contributed by atoms with E-state index < -0.39 is 0 Å². The topological polar surface area (TPSA) is 35.5 Å². The zero-order chi connectivity index (χ0) is 14.3. The van der Waals surface area contributed by atoms with E-state index in [-0.39, 0.29) is 6.10 Å². The fourth-order valence-electron chi connectivity index (χ4n) is 2.60. The van der Waals surface area contributed by atoms with E-state index in [1.165, 1.54) is 12.8 Å². The minimum atomic E-state index is -0.258. The maximum Gasteiger partial charge on any atom is 0.0791 e. The summed E-state index contributed by atoms with van der Waals surface area (Å²) in [6.45, 7) is 14.3. The van der Waals surface area contributed by atoms with Crippen molar-refractivity contribution in [3.05, 3.63) is 12.7 Å². The molecule has 112 valence electrons. The molecule has 0 aliphatic carbocycles. The molecule has 0 bridgehead atoms. The van der Waals surface area contributed by atoms with Crippen molar-refractivity contribution in [1.82, 2.24) is 10.2 Å². The zero-order valence-electron chi connectivity index (χ0n) is 12.9. The first-order chi connectivity index (χ1) is 9.02. The molecule has 3 unspecified atom stereocenters. The Kier molecular flexibility index (Phi) is 7.66. The van der Waals surface area contributed by atoms with Crippen LogP contribution in [0.15, 0.2) is 12.7 Å². The summed E-state index contributed by atoms with van der Waals surface area (Å²) in [5, 5.41) is 13.5. The molecule has 1 heterocycles. The maximum absolute atomic E-state index is 10.1. The summed E-state index contributed by atoms with van der Waals surface area (Å²) in [5.41, 5.74) is 0. The normalized spacial score (nSPS) is 22.9. The molecule has 0 aromatic rings. The molecule has 0 spiro atoms. The predicted octanol–water partition coefficient (Wildman–Crippen LogP) is 2.27. The standard InChI is InChI=1S/C16H32N2O/c1-5-6-14(3)15(4)17-11-16(19)12-18-9-7-13(2)8-10-18/h5,13-17,19H,1,6-12H2,2-4H3. The van der Waals surface area contributed by atoms with Crippen LogP contribution in [-0.4, -0.2) is 48.3 Å². The highest BCUT2D eigenvalue weighted by Gasteiger charge is 2.19. The van der Waals surface area contributed by atoms with Crippen molar-refractivity contribution in [2.75, 3.05) is 26.2 Å². The smallest absolute Gasteiger partial charge is 0.0791 e. The number of likely N-dealkylation sites (tertiary alicyclic amines) is 1. The summed E-state index contributed by atoms with van der Waals surface area (Å²) in [6.07, 6.45) is 5.27. The van der Waals surface area contributed by atoms with E-state index in [2.05, 4.69) is 37.6 Å². The van der Waals surface area contributed by atoms with Gasteiger partial charge in [-0.3, -0.25) is 0 Å². The average molecular weight is 268 g/mol. The van der Waals surface area contributed by atoms with Gasteiger partial charge in [0.2, 0.25) is 0 Å². The highest BCUT2D eigenvalue weighted by atomic mass is 16.3. The Morgan fingerprint density at radius 3 is 2.58 bits per heavy atom. The SMILES string of the molecule is C=CCC(C)C(C)NCC(O)CN1CCC(C)CC1. The van der Waals surface area contributed by atoms with Crippen LogP contribution in [0, 0.1) is 11.8 Å². The second-order valence-electron chi connectivity index (χ2n) is 6.34. The summed E-state index contributed by atoms with van der Waals surface area (Å²) in [5.74, 6) is 1.42. The number of piperidine rings is 1. The van der Waals surface area contributed by atoms with Crippen LogP contribution < -0.4 is 5.32 Å². The van der Waals surface area contributed by atoms with Crippen molar-refractivity contribution < 1.29 is 5.11 Å². The van der Waals surface area contributed by atoms with Crippen molar-refractivity contribution >= 4 is 0 Å². The van der Waals surface area contributed by atoms with E-state index >= 15 is 0 Å². The summed E-state index contributed by atoms with van der Waals surface area (Å²) in [6, 6.07) is 0.425. The molecule has 19 heavy (non-hydrogen) atoms. The van der Waals surface area contributed by atoms with E-state index in [0.717, 1.165) is 32.0 Å². The molecule has 3 heteroatoms. The molecule has 1 rings (SSSR count). The number of hydrogen-bond acceptors (Lipinski definition) is 3. The Bertz CT molecular complexity index is 249. The molecule has 3 nitrogen and oxygen atoms in total. The van der Waals surface area contributed by atoms with Gasteiger partial charge in [0.1, 0.15) is 0 Å². The van der Waals surface area contributed by atoms with Gasteiger partial charge in [0, 0.05) is 19.1 Å². The van der Waals surface area contributed by atoms with Gasteiger partial charge >= 0.3 is 0 Å². The van der Waals surface area contributed by atoms with Gasteiger partial charge in [0.25, 0.3) is 0 Å². The Hall–Kier alpha value is -0.380. The van der Waals surface area contributed by atoms with E-state index in [0.29, 0.717) is 18.5 Å². The number of aliphatic hydroxyl groups excluding tert-OH is 1. The van der Waals surface area contributed by atoms with Gasteiger partial charge in [-0.25, -0.2) is 0 Å². The first kappa shape index (κ1) is 16.7. The first-order valence-corrected chi connectivity index (χ1v) is 7.77. The third kappa shape index (κ3) is 6.55. The van der Waals surface area contributed by atoms with Crippen molar-refractivity contribution in [2.45, 2.75) is 52.2 Å². The zero-order valence-corrected chi connectivity index (χ0v) is 12.9. The number of hydrogen-bond donors (Lipinski definition) is 2. The number of β-amino-alcohol motifs (C(OH)–C–C–N with tert-alkyl or cyclic N) is 1. The van der Waals surface area contributed by atoms with Crippen LogP contribution in [0.5, 0.6) is 0 Å². The molecule has 0 saturated carbocycles. The third-order valence-electron chi connectivity index (χ3n) is 4.41. The third-order valence-corrected chi connectivity index (χ3v) is 4.41. The predicted molar refractivity (Wildman–Crippen MR) is 82.3 cm³/mol. The van der Waals surface area contributed by atoms with E-state index in [4.69, 9.17) is 0 Å². The fourth-order valence-corrected chi connectivity index (χ4v) is 2.60. The van der Waals surface area contributed by atoms with Crippen molar-refractivity contribution in [1.29, 1.82) is 0 Å². The largest absolute Gasteiger partial charge is 0.390 e. The van der Waals surface area contributed by atoms with Crippen LogP contribution >= 0.6 is 0 Å². The molecular formula is C16H32N2O. The number of allylic oxidation sites excluding steroid dienone is 1.